The van der Waals surface area contributed by atoms with Crippen LogP contribution < -0.4 is 9.80 Å². The Bertz CT molecular complexity index is 943. The minimum absolute atomic E-state index is 0.250. The SMILES string of the molecule is Clc1cc(N(CC2CO2)CC2CO2)cc(Cl)c1Cc1c(Cl)cc(N(CC2CO2)CC2CO2)cc1Cl. The Morgan fingerprint density at radius 1 is 0.543 bits per heavy atom. The fourth-order valence-electron chi connectivity index (χ4n) is 4.31. The molecule has 0 aliphatic carbocycles. The van der Waals surface area contributed by atoms with Gasteiger partial charge in [0.25, 0.3) is 0 Å². The zero-order valence-electron chi connectivity index (χ0n) is 19.0. The highest BCUT2D eigenvalue weighted by Crippen LogP contribution is 2.38. The van der Waals surface area contributed by atoms with Gasteiger partial charge in [-0.15, -0.1) is 0 Å². The van der Waals surface area contributed by atoms with Crippen LogP contribution in [0.25, 0.3) is 0 Å². The van der Waals surface area contributed by atoms with Crippen molar-refractivity contribution in [3.63, 3.8) is 0 Å². The van der Waals surface area contributed by atoms with Crippen molar-refractivity contribution in [1.82, 2.24) is 0 Å². The number of nitrogens with zero attached hydrogens (tertiary/aromatic N) is 2. The molecule has 6 rings (SSSR count). The summed E-state index contributed by atoms with van der Waals surface area (Å²) in [5.41, 5.74) is 3.52. The van der Waals surface area contributed by atoms with E-state index >= 15 is 0 Å². The average molecular weight is 560 g/mol. The molecule has 0 N–H and O–H groups in total. The van der Waals surface area contributed by atoms with Gasteiger partial charge < -0.3 is 28.7 Å². The fraction of sp³-hybridized carbons (Fsp3) is 0.520. The summed E-state index contributed by atoms with van der Waals surface area (Å²) in [6, 6.07) is 7.82. The largest absolute Gasteiger partial charge is 0.371 e. The van der Waals surface area contributed by atoms with Gasteiger partial charge in [-0.25, -0.2) is 0 Å². The number of anilines is 2. The molecule has 0 bridgehead atoms. The molecule has 6 nitrogen and oxygen atoms in total. The Morgan fingerprint density at radius 2 is 0.800 bits per heavy atom. The zero-order chi connectivity index (χ0) is 24.1. The Kier molecular flexibility index (Phi) is 7.01. The number of halogens is 4. The molecule has 4 fully saturated rings. The van der Waals surface area contributed by atoms with E-state index < -0.39 is 0 Å². The minimum Gasteiger partial charge on any atom is -0.371 e. The third kappa shape index (κ3) is 6.31. The van der Waals surface area contributed by atoms with Crippen LogP contribution in [-0.4, -0.2) is 77.0 Å². The summed E-state index contributed by atoms with van der Waals surface area (Å²) in [5.74, 6) is 0. The maximum Gasteiger partial charge on any atom is 0.0984 e. The number of benzene rings is 2. The lowest BCUT2D eigenvalue weighted by atomic mass is 10.0. The van der Waals surface area contributed by atoms with E-state index in [-0.39, 0.29) is 24.4 Å². The van der Waals surface area contributed by atoms with Crippen LogP contribution in [0.1, 0.15) is 11.1 Å². The number of epoxide rings is 4. The molecule has 4 saturated heterocycles. The molecule has 4 unspecified atom stereocenters. The van der Waals surface area contributed by atoms with Crippen molar-refractivity contribution in [1.29, 1.82) is 0 Å². The molecule has 188 valence electrons. The van der Waals surface area contributed by atoms with Crippen molar-refractivity contribution < 1.29 is 18.9 Å². The van der Waals surface area contributed by atoms with E-state index in [9.17, 15) is 0 Å². The van der Waals surface area contributed by atoms with Crippen LogP contribution in [0.2, 0.25) is 20.1 Å². The molecule has 0 spiro atoms. The van der Waals surface area contributed by atoms with Crippen molar-refractivity contribution in [3.05, 3.63) is 55.5 Å². The number of hydrogen-bond acceptors (Lipinski definition) is 6. The highest BCUT2D eigenvalue weighted by molar-refractivity contribution is 6.38. The number of hydrogen-bond donors (Lipinski definition) is 0. The molecule has 4 aliphatic heterocycles. The second-order valence-corrected chi connectivity index (χ2v) is 11.2. The van der Waals surface area contributed by atoms with Crippen LogP contribution in [0, 0.1) is 0 Å². The Labute approximate surface area is 224 Å². The Hall–Kier alpha value is -0.960. The van der Waals surface area contributed by atoms with Crippen molar-refractivity contribution in [2.24, 2.45) is 0 Å². The molecule has 4 heterocycles. The molecular formula is C25H26Cl4N2O4. The molecular weight excluding hydrogens is 534 g/mol. The van der Waals surface area contributed by atoms with Crippen LogP contribution in [0.4, 0.5) is 11.4 Å². The Balaban J connectivity index is 1.22. The van der Waals surface area contributed by atoms with Gasteiger partial charge in [0.05, 0.1) is 50.8 Å². The molecule has 2 aromatic carbocycles. The smallest absolute Gasteiger partial charge is 0.0984 e. The lowest BCUT2D eigenvalue weighted by molar-refractivity contribution is 0.388. The van der Waals surface area contributed by atoms with Gasteiger partial charge >= 0.3 is 0 Å². The fourth-order valence-corrected chi connectivity index (χ4v) is 5.53. The maximum absolute atomic E-state index is 6.75. The van der Waals surface area contributed by atoms with Gasteiger partial charge in [-0.2, -0.15) is 0 Å². The molecule has 0 saturated carbocycles. The predicted molar refractivity (Wildman–Crippen MR) is 139 cm³/mol. The van der Waals surface area contributed by atoms with Crippen LogP contribution >= 0.6 is 46.4 Å². The second kappa shape index (κ2) is 10.1. The molecule has 35 heavy (non-hydrogen) atoms. The van der Waals surface area contributed by atoms with E-state index in [0.717, 1.165) is 75.1 Å². The quantitative estimate of drug-likeness (QED) is 0.337. The first-order valence-corrected chi connectivity index (χ1v) is 13.4. The lowest BCUT2D eigenvalue weighted by Crippen LogP contribution is -2.31. The molecule has 2 aromatic rings. The van der Waals surface area contributed by atoms with E-state index in [1.54, 1.807) is 0 Å². The molecule has 0 aromatic heterocycles. The predicted octanol–water partition coefficient (Wildman–Crippen LogP) is 5.10. The maximum atomic E-state index is 6.75. The highest BCUT2D eigenvalue weighted by Gasteiger charge is 2.33. The molecule has 0 radical (unpaired) electrons. The van der Waals surface area contributed by atoms with Gasteiger partial charge in [0.2, 0.25) is 0 Å². The molecule has 4 atom stereocenters. The standard InChI is InChI=1S/C25H26Cl4N2O4/c26-22-1-14(30(6-16-10-32-16)7-17-11-33-17)2-23(27)20(22)5-21-24(28)3-15(4-25(21)29)31(8-18-12-34-18)9-19-13-35-19/h1-4,16-19H,5-13H2. The summed E-state index contributed by atoms with van der Waals surface area (Å²) in [6.07, 6.45) is 1.43. The van der Waals surface area contributed by atoms with Crippen LogP contribution in [0.3, 0.4) is 0 Å². The van der Waals surface area contributed by atoms with E-state index in [1.807, 2.05) is 24.3 Å². The third-order valence-electron chi connectivity index (χ3n) is 6.64. The number of rotatable bonds is 12. The molecule has 10 heteroatoms. The highest BCUT2D eigenvalue weighted by atomic mass is 35.5. The van der Waals surface area contributed by atoms with Crippen molar-refractivity contribution in [2.75, 3.05) is 62.4 Å². The van der Waals surface area contributed by atoms with Crippen molar-refractivity contribution in [3.8, 4) is 0 Å². The summed E-state index contributed by atoms with van der Waals surface area (Å²) < 4.78 is 21.7. The summed E-state index contributed by atoms with van der Waals surface area (Å²) >= 11 is 27.0. The van der Waals surface area contributed by atoms with Crippen molar-refractivity contribution >= 4 is 57.8 Å². The van der Waals surface area contributed by atoms with Crippen LogP contribution in [-0.2, 0) is 25.4 Å². The lowest BCUT2D eigenvalue weighted by Gasteiger charge is -2.25. The van der Waals surface area contributed by atoms with E-state index in [1.165, 1.54) is 0 Å². The topological polar surface area (TPSA) is 56.6 Å². The number of ether oxygens (including phenoxy) is 4. The van der Waals surface area contributed by atoms with Crippen LogP contribution in [0.5, 0.6) is 0 Å². The monoisotopic (exact) mass is 558 g/mol. The van der Waals surface area contributed by atoms with E-state index in [0.29, 0.717) is 26.5 Å². The van der Waals surface area contributed by atoms with E-state index in [4.69, 9.17) is 65.4 Å². The minimum atomic E-state index is 0.250. The molecule has 0 amide bonds. The second-order valence-electron chi connectivity index (χ2n) is 9.58. The van der Waals surface area contributed by atoms with Gasteiger partial charge in [0, 0.05) is 64.1 Å². The first kappa shape index (κ1) is 24.4. The first-order chi connectivity index (χ1) is 16.9. The van der Waals surface area contributed by atoms with Gasteiger partial charge in [0.15, 0.2) is 0 Å². The summed E-state index contributed by atoms with van der Waals surface area (Å²) in [6.45, 7) is 6.30. The third-order valence-corrected chi connectivity index (χ3v) is 7.99. The summed E-state index contributed by atoms with van der Waals surface area (Å²) in [4.78, 5) is 4.46. The summed E-state index contributed by atoms with van der Waals surface area (Å²) in [5, 5.41) is 2.34. The van der Waals surface area contributed by atoms with Gasteiger partial charge in [-0.1, -0.05) is 46.4 Å². The Morgan fingerprint density at radius 3 is 1.03 bits per heavy atom. The van der Waals surface area contributed by atoms with Crippen LogP contribution in [0.15, 0.2) is 24.3 Å². The van der Waals surface area contributed by atoms with Gasteiger partial charge in [-0.05, 0) is 35.4 Å². The zero-order valence-corrected chi connectivity index (χ0v) is 22.0. The first-order valence-electron chi connectivity index (χ1n) is 11.8. The van der Waals surface area contributed by atoms with Gasteiger partial charge in [-0.3, -0.25) is 0 Å². The van der Waals surface area contributed by atoms with E-state index in [2.05, 4.69) is 9.80 Å². The molecule has 4 aliphatic rings. The normalized spacial score (nSPS) is 25.9. The summed E-state index contributed by atoms with van der Waals surface area (Å²) in [7, 11) is 0. The van der Waals surface area contributed by atoms with Crippen molar-refractivity contribution in [2.45, 2.75) is 30.8 Å². The average Bonchev–Trinajstić information content (AvgIpc) is 3.64. The van der Waals surface area contributed by atoms with Gasteiger partial charge in [0.1, 0.15) is 0 Å².